The fourth-order valence-corrected chi connectivity index (χ4v) is 2.69. The van der Waals surface area contributed by atoms with Crippen LogP contribution in [0.2, 0.25) is 0 Å². The van der Waals surface area contributed by atoms with E-state index in [1.165, 1.54) is 27.1 Å². The predicted molar refractivity (Wildman–Crippen MR) is 69.4 cm³/mol. The molecular formula is C14H14OS. The van der Waals surface area contributed by atoms with E-state index in [-0.39, 0.29) is 0 Å². The molecule has 0 radical (unpaired) electrons. The summed E-state index contributed by atoms with van der Waals surface area (Å²) in [6.45, 7) is 6.35. The van der Waals surface area contributed by atoms with Crippen LogP contribution in [0.1, 0.15) is 26.4 Å². The summed E-state index contributed by atoms with van der Waals surface area (Å²) < 4.78 is 0. The molecule has 0 aliphatic heterocycles. The molecule has 0 amide bonds. The van der Waals surface area contributed by atoms with Gasteiger partial charge in [0.1, 0.15) is 0 Å². The Hall–Kier alpha value is -1.41. The first-order chi connectivity index (χ1) is 7.61. The number of rotatable bonds is 2. The van der Waals surface area contributed by atoms with Crippen molar-refractivity contribution in [3.63, 3.8) is 0 Å². The first kappa shape index (κ1) is 11.1. The van der Waals surface area contributed by atoms with Gasteiger partial charge in [0.2, 0.25) is 0 Å². The van der Waals surface area contributed by atoms with E-state index in [1.807, 2.05) is 12.1 Å². The number of thiophene rings is 1. The van der Waals surface area contributed by atoms with E-state index >= 15 is 0 Å². The SMILES string of the molecule is Cc1cc(C)c(-c2ccc(C=O)s2)cc1C. The highest BCUT2D eigenvalue weighted by Gasteiger charge is 2.07. The minimum atomic E-state index is 0.785. The molecule has 1 nitrogen and oxygen atoms in total. The summed E-state index contributed by atoms with van der Waals surface area (Å²) in [5, 5.41) is 0. The van der Waals surface area contributed by atoms with Crippen molar-refractivity contribution in [1.29, 1.82) is 0 Å². The highest BCUT2D eigenvalue weighted by molar-refractivity contribution is 7.17. The van der Waals surface area contributed by atoms with E-state index < -0.39 is 0 Å². The molecule has 2 rings (SSSR count). The summed E-state index contributed by atoms with van der Waals surface area (Å²) in [5.41, 5.74) is 5.11. The van der Waals surface area contributed by atoms with E-state index in [2.05, 4.69) is 32.9 Å². The molecule has 1 aromatic carbocycles. The molecule has 0 bridgehead atoms. The molecule has 2 heteroatoms. The Labute approximate surface area is 99.8 Å². The highest BCUT2D eigenvalue weighted by Crippen LogP contribution is 2.31. The van der Waals surface area contributed by atoms with Crippen LogP contribution >= 0.6 is 11.3 Å². The Kier molecular flexibility index (Phi) is 2.92. The van der Waals surface area contributed by atoms with Crippen LogP contribution in [0.25, 0.3) is 10.4 Å². The van der Waals surface area contributed by atoms with Crippen LogP contribution in [0.4, 0.5) is 0 Å². The molecule has 0 unspecified atom stereocenters. The zero-order valence-electron chi connectivity index (χ0n) is 9.70. The molecule has 16 heavy (non-hydrogen) atoms. The minimum Gasteiger partial charge on any atom is -0.297 e. The fourth-order valence-electron chi connectivity index (χ4n) is 1.79. The third-order valence-corrected chi connectivity index (χ3v) is 3.89. The summed E-state index contributed by atoms with van der Waals surface area (Å²) in [6, 6.07) is 8.29. The van der Waals surface area contributed by atoms with Crippen LogP contribution in [0.5, 0.6) is 0 Å². The van der Waals surface area contributed by atoms with Gasteiger partial charge in [0.05, 0.1) is 4.88 Å². The molecule has 0 aliphatic carbocycles. The minimum absolute atomic E-state index is 0.785. The second-order valence-corrected chi connectivity index (χ2v) is 5.19. The number of benzene rings is 1. The summed E-state index contributed by atoms with van der Waals surface area (Å²) in [5.74, 6) is 0. The second kappa shape index (κ2) is 4.22. The predicted octanol–water partition coefficient (Wildman–Crippen LogP) is 4.15. The normalized spacial score (nSPS) is 10.4. The maximum Gasteiger partial charge on any atom is 0.160 e. The van der Waals surface area contributed by atoms with Gasteiger partial charge in [-0.3, -0.25) is 4.79 Å². The lowest BCUT2D eigenvalue weighted by Gasteiger charge is -2.07. The van der Waals surface area contributed by atoms with Crippen molar-refractivity contribution < 1.29 is 4.79 Å². The van der Waals surface area contributed by atoms with Crippen molar-refractivity contribution in [2.75, 3.05) is 0 Å². The maximum absolute atomic E-state index is 10.7. The van der Waals surface area contributed by atoms with Gasteiger partial charge < -0.3 is 0 Å². The first-order valence-corrected chi connectivity index (χ1v) is 6.06. The summed E-state index contributed by atoms with van der Waals surface area (Å²) in [7, 11) is 0. The summed E-state index contributed by atoms with van der Waals surface area (Å²) in [4.78, 5) is 12.6. The number of hydrogen-bond acceptors (Lipinski definition) is 2. The van der Waals surface area contributed by atoms with Crippen LogP contribution in [0, 0.1) is 20.8 Å². The lowest BCUT2D eigenvalue weighted by Crippen LogP contribution is -1.86. The fraction of sp³-hybridized carbons (Fsp3) is 0.214. The molecule has 0 saturated carbocycles. The number of carbonyl (C=O) groups is 1. The van der Waals surface area contributed by atoms with Gasteiger partial charge in [-0.2, -0.15) is 0 Å². The van der Waals surface area contributed by atoms with Gasteiger partial charge in [-0.05, 0) is 55.2 Å². The number of hydrogen-bond donors (Lipinski definition) is 0. The third-order valence-electron chi connectivity index (χ3n) is 2.85. The molecule has 0 aliphatic rings. The Bertz CT molecular complexity index is 538. The molecular weight excluding hydrogens is 216 g/mol. The van der Waals surface area contributed by atoms with E-state index in [0.29, 0.717) is 0 Å². The van der Waals surface area contributed by atoms with Crippen LogP contribution < -0.4 is 0 Å². The Morgan fingerprint density at radius 1 is 1.00 bits per heavy atom. The lowest BCUT2D eigenvalue weighted by molar-refractivity contribution is 0.112. The van der Waals surface area contributed by atoms with Crippen LogP contribution in [0.15, 0.2) is 24.3 Å². The van der Waals surface area contributed by atoms with Gasteiger partial charge >= 0.3 is 0 Å². The van der Waals surface area contributed by atoms with Crippen molar-refractivity contribution in [2.45, 2.75) is 20.8 Å². The molecule has 0 atom stereocenters. The lowest BCUT2D eigenvalue weighted by atomic mass is 10.00. The Morgan fingerprint density at radius 2 is 1.69 bits per heavy atom. The van der Waals surface area contributed by atoms with Gasteiger partial charge in [-0.15, -0.1) is 11.3 Å². The largest absolute Gasteiger partial charge is 0.297 e. The van der Waals surface area contributed by atoms with Crippen molar-refractivity contribution in [1.82, 2.24) is 0 Å². The first-order valence-electron chi connectivity index (χ1n) is 5.25. The standard InChI is InChI=1S/C14H14OS/c1-9-6-11(3)13(7-10(9)2)14-5-4-12(8-15)16-14/h4-8H,1-3H3. The molecule has 0 spiro atoms. The maximum atomic E-state index is 10.7. The quantitative estimate of drug-likeness (QED) is 0.708. The molecule has 2 aromatic rings. The van der Waals surface area contributed by atoms with E-state index in [0.717, 1.165) is 11.2 Å². The van der Waals surface area contributed by atoms with Crippen molar-refractivity contribution in [3.8, 4) is 10.4 Å². The smallest absolute Gasteiger partial charge is 0.160 e. The third kappa shape index (κ3) is 1.93. The van der Waals surface area contributed by atoms with Crippen LogP contribution in [0.3, 0.4) is 0 Å². The number of carbonyl (C=O) groups excluding carboxylic acids is 1. The van der Waals surface area contributed by atoms with Crippen molar-refractivity contribution in [2.24, 2.45) is 0 Å². The highest BCUT2D eigenvalue weighted by atomic mass is 32.1. The second-order valence-electron chi connectivity index (χ2n) is 4.07. The van der Waals surface area contributed by atoms with Gasteiger partial charge in [0.25, 0.3) is 0 Å². The Morgan fingerprint density at radius 3 is 2.31 bits per heavy atom. The van der Waals surface area contributed by atoms with Gasteiger partial charge in [0.15, 0.2) is 6.29 Å². The van der Waals surface area contributed by atoms with E-state index in [1.54, 1.807) is 11.3 Å². The zero-order chi connectivity index (χ0) is 11.7. The zero-order valence-corrected chi connectivity index (χ0v) is 10.5. The topological polar surface area (TPSA) is 17.1 Å². The molecule has 0 saturated heterocycles. The Balaban J connectivity index is 2.55. The molecule has 82 valence electrons. The van der Waals surface area contributed by atoms with Crippen LogP contribution in [-0.2, 0) is 0 Å². The van der Waals surface area contributed by atoms with Crippen molar-refractivity contribution >= 4 is 17.6 Å². The van der Waals surface area contributed by atoms with Gasteiger partial charge in [0, 0.05) is 4.88 Å². The van der Waals surface area contributed by atoms with Gasteiger partial charge in [-0.25, -0.2) is 0 Å². The van der Waals surface area contributed by atoms with Crippen molar-refractivity contribution in [3.05, 3.63) is 45.8 Å². The molecule has 0 fully saturated rings. The monoisotopic (exact) mass is 230 g/mol. The molecule has 1 aromatic heterocycles. The number of aldehydes is 1. The average molecular weight is 230 g/mol. The van der Waals surface area contributed by atoms with E-state index in [4.69, 9.17) is 0 Å². The molecule has 0 N–H and O–H groups in total. The number of aryl methyl sites for hydroxylation is 3. The van der Waals surface area contributed by atoms with E-state index in [9.17, 15) is 4.79 Å². The average Bonchev–Trinajstić information content (AvgIpc) is 2.71. The van der Waals surface area contributed by atoms with Gasteiger partial charge in [-0.1, -0.05) is 12.1 Å². The van der Waals surface area contributed by atoms with Crippen LogP contribution in [-0.4, -0.2) is 6.29 Å². The molecule has 1 heterocycles. The summed E-state index contributed by atoms with van der Waals surface area (Å²) >= 11 is 1.55. The summed E-state index contributed by atoms with van der Waals surface area (Å²) in [6.07, 6.45) is 0.907.